The topological polar surface area (TPSA) is 139 Å². The summed E-state index contributed by atoms with van der Waals surface area (Å²) >= 11 is 0. The molecule has 1 atom stereocenters. The van der Waals surface area contributed by atoms with Crippen molar-refractivity contribution < 1.29 is 8.42 Å². The molecule has 5 N–H and O–H groups in total. The first-order valence-corrected chi connectivity index (χ1v) is 7.35. The predicted molar refractivity (Wildman–Crippen MR) is 71.8 cm³/mol. The molecule has 0 bridgehead atoms. The number of nitrogen functional groups attached to an aromatic ring is 1. The number of sulfonamides is 1. The van der Waals surface area contributed by atoms with Crippen LogP contribution in [0.25, 0.3) is 0 Å². The molecule has 0 spiro atoms. The summed E-state index contributed by atoms with van der Waals surface area (Å²) in [7, 11) is -3.73. The van der Waals surface area contributed by atoms with Crippen LogP contribution < -0.4 is 16.0 Å². The molecule has 2 aromatic rings. The number of aromatic nitrogens is 4. The van der Waals surface area contributed by atoms with Crippen LogP contribution in [0, 0.1) is 0 Å². The summed E-state index contributed by atoms with van der Waals surface area (Å²) in [4.78, 5) is 14.4. The van der Waals surface area contributed by atoms with Crippen molar-refractivity contribution in [1.82, 2.24) is 24.7 Å². The van der Waals surface area contributed by atoms with Crippen molar-refractivity contribution in [3.05, 3.63) is 30.6 Å². The third-order valence-electron chi connectivity index (χ3n) is 2.62. The maximum absolute atomic E-state index is 12.2. The minimum atomic E-state index is -3.73. The first-order valence-electron chi connectivity index (χ1n) is 5.87. The van der Waals surface area contributed by atoms with Gasteiger partial charge in [-0.15, -0.1) is 0 Å². The molecule has 0 amide bonds. The fourth-order valence-electron chi connectivity index (χ4n) is 1.59. The van der Waals surface area contributed by atoms with E-state index in [1.54, 1.807) is 12.4 Å². The van der Waals surface area contributed by atoms with Crippen LogP contribution in [0.1, 0.15) is 25.2 Å². The predicted octanol–water partition coefficient (Wildman–Crippen LogP) is -0.0851. The molecule has 0 saturated carbocycles. The Bertz CT molecular complexity index is 639. The Morgan fingerprint density at radius 3 is 2.55 bits per heavy atom. The normalized spacial score (nSPS) is 13.1. The number of nitrogens with two attached hydrogens (primary N) is 1. The van der Waals surface area contributed by atoms with Gasteiger partial charge >= 0.3 is 0 Å². The standard InChI is InChI=1S/C10H15N7O2S/c1-2-8(9-12-3-4-13-9)17-20(18,19)7-5-14-10(16-11)15-6-7/h3-6,8,17H,2,11H2,1H3,(H,12,13)(H,14,15,16). The molecule has 1 unspecified atom stereocenters. The average Bonchev–Trinajstić information content (AvgIpc) is 2.99. The van der Waals surface area contributed by atoms with Gasteiger partial charge in [-0.05, 0) is 6.42 Å². The number of hydrazine groups is 1. The Morgan fingerprint density at radius 2 is 2.05 bits per heavy atom. The van der Waals surface area contributed by atoms with Crippen molar-refractivity contribution in [2.75, 3.05) is 5.43 Å². The number of H-pyrrole nitrogens is 1. The largest absolute Gasteiger partial charge is 0.347 e. The summed E-state index contributed by atoms with van der Waals surface area (Å²) < 4.78 is 27.0. The molecule has 10 heteroatoms. The van der Waals surface area contributed by atoms with Gasteiger partial charge in [-0.2, -0.15) is 0 Å². The minimum absolute atomic E-state index is 0.0403. The van der Waals surface area contributed by atoms with E-state index in [-0.39, 0.29) is 10.8 Å². The summed E-state index contributed by atoms with van der Waals surface area (Å²) in [6, 6.07) is -0.442. The van der Waals surface area contributed by atoms with E-state index in [9.17, 15) is 8.42 Å². The Hall–Kier alpha value is -2.04. The zero-order valence-electron chi connectivity index (χ0n) is 10.7. The maximum atomic E-state index is 12.2. The van der Waals surface area contributed by atoms with Crippen LogP contribution in [0.5, 0.6) is 0 Å². The Balaban J connectivity index is 2.21. The van der Waals surface area contributed by atoms with Crippen molar-refractivity contribution in [1.29, 1.82) is 0 Å². The highest BCUT2D eigenvalue weighted by molar-refractivity contribution is 7.89. The van der Waals surface area contributed by atoms with E-state index in [1.807, 2.05) is 6.92 Å². The van der Waals surface area contributed by atoms with Crippen LogP contribution in [0.3, 0.4) is 0 Å². The van der Waals surface area contributed by atoms with Crippen molar-refractivity contribution in [2.24, 2.45) is 5.84 Å². The van der Waals surface area contributed by atoms with Gasteiger partial charge in [-0.1, -0.05) is 6.92 Å². The molecule has 0 aliphatic rings. The van der Waals surface area contributed by atoms with Gasteiger partial charge in [-0.3, -0.25) is 5.43 Å². The molecule has 0 aromatic carbocycles. The number of nitrogens with zero attached hydrogens (tertiary/aromatic N) is 3. The van der Waals surface area contributed by atoms with Gasteiger partial charge < -0.3 is 4.98 Å². The van der Waals surface area contributed by atoms with Gasteiger partial charge in [0.15, 0.2) is 0 Å². The Labute approximate surface area is 116 Å². The summed E-state index contributed by atoms with van der Waals surface area (Å²) in [6.45, 7) is 1.85. The lowest BCUT2D eigenvalue weighted by molar-refractivity contribution is 0.538. The first-order chi connectivity index (χ1) is 9.56. The number of rotatable bonds is 6. The second kappa shape index (κ2) is 5.94. The number of nitrogens with one attached hydrogen (secondary N) is 3. The molecule has 2 rings (SSSR count). The van der Waals surface area contributed by atoms with E-state index in [2.05, 4.69) is 30.1 Å². The van der Waals surface area contributed by atoms with Crippen molar-refractivity contribution in [2.45, 2.75) is 24.3 Å². The molecule has 0 radical (unpaired) electrons. The van der Waals surface area contributed by atoms with Gasteiger partial charge in [0.25, 0.3) is 0 Å². The van der Waals surface area contributed by atoms with Gasteiger partial charge in [-0.25, -0.2) is 33.9 Å². The molecule has 2 aromatic heterocycles. The second-order valence-electron chi connectivity index (χ2n) is 3.94. The van der Waals surface area contributed by atoms with Gasteiger partial charge in [0.2, 0.25) is 16.0 Å². The summed E-state index contributed by atoms with van der Waals surface area (Å²) in [5, 5.41) is 0. The van der Waals surface area contributed by atoms with Gasteiger partial charge in [0, 0.05) is 12.4 Å². The fraction of sp³-hybridized carbons (Fsp3) is 0.300. The third-order valence-corrected chi connectivity index (χ3v) is 4.05. The summed E-state index contributed by atoms with van der Waals surface area (Å²) in [5.41, 5.74) is 2.23. The number of aromatic amines is 1. The maximum Gasteiger partial charge on any atom is 0.244 e. The minimum Gasteiger partial charge on any atom is -0.347 e. The molecule has 0 fully saturated rings. The first kappa shape index (κ1) is 14.4. The lowest BCUT2D eigenvalue weighted by Gasteiger charge is -2.14. The SMILES string of the molecule is CCC(NS(=O)(=O)c1cnc(NN)nc1)c1ncc[nH]1. The molecule has 108 valence electrons. The third kappa shape index (κ3) is 3.10. The summed E-state index contributed by atoms with van der Waals surface area (Å²) in [5.74, 6) is 5.82. The smallest absolute Gasteiger partial charge is 0.244 e. The highest BCUT2D eigenvalue weighted by Crippen LogP contribution is 2.16. The van der Waals surface area contributed by atoms with E-state index in [0.717, 1.165) is 0 Å². The Kier molecular flexibility index (Phi) is 4.27. The van der Waals surface area contributed by atoms with Crippen molar-refractivity contribution in [3.8, 4) is 0 Å². The highest BCUT2D eigenvalue weighted by atomic mass is 32.2. The second-order valence-corrected chi connectivity index (χ2v) is 5.66. The van der Waals surface area contributed by atoms with E-state index >= 15 is 0 Å². The molecule has 0 saturated heterocycles. The van der Waals surface area contributed by atoms with E-state index in [4.69, 9.17) is 5.84 Å². The van der Waals surface area contributed by atoms with Crippen LogP contribution in [-0.2, 0) is 10.0 Å². The molecule has 0 aliphatic heterocycles. The van der Waals surface area contributed by atoms with E-state index in [1.165, 1.54) is 12.4 Å². The van der Waals surface area contributed by atoms with Gasteiger partial charge in [0.05, 0.1) is 18.4 Å². The summed E-state index contributed by atoms with van der Waals surface area (Å²) in [6.07, 6.45) is 6.11. The molecular formula is C10H15N7O2S. The monoisotopic (exact) mass is 297 g/mol. The molecule has 2 heterocycles. The number of anilines is 1. The zero-order valence-corrected chi connectivity index (χ0v) is 11.6. The molecule has 20 heavy (non-hydrogen) atoms. The van der Waals surface area contributed by atoms with E-state index in [0.29, 0.717) is 12.2 Å². The lowest BCUT2D eigenvalue weighted by Crippen LogP contribution is -2.29. The quantitative estimate of drug-likeness (QED) is 0.432. The van der Waals surface area contributed by atoms with Crippen molar-refractivity contribution in [3.63, 3.8) is 0 Å². The van der Waals surface area contributed by atoms with Crippen LogP contribution in [0.4, 0.5) is 5.95 Å². The lowest BCUT2D eigenvalue weighted by atomic mass is 10.2. The molecule has 0 aliphatic carbocycles. The molecular weight excluding hydrogens is 282 g/mol. The number of hydrogen-bond donors (Lipinski definition) is 4. The number of imidazole rings is 1. The zero-order chi connectivity index (χ0) is 14.6. The van der Waals surface area contributed by atoms with Crippen LogP contribution in [-0.4, -0.2) is 28.4 Å². The van der Waals surface area contributed by atoms with Crippen LogP contribution >= 0.6 is 0 Å². The fourth-order valence-corrected chi connectivity index (χ4v) is 2.76. The van der Waals surface area contributed by atoms with Crippen LogP contribution in [0.15, 0.2) is 29.7 Å². The van der Waals surface area contributed by atoms with Crippen LogP contribution in [0.2, 0.25) is 0 Å². The van der Waals surface area contributed by atoms with Crippen molar-refractivity contribution >= 4 is 16.0 Å². The molecule has 9 nitrogen and oxygen atoms in total. The Morgan fingerprint density at radius 1 is 1.35 bits per heavy atom. The number of hydrogen-bond acceptors (Lipinski definition) is 7. The van der Waals surface area contributed by atoms with Gasteiger partial charge in [0.1, 0.15) is 10.7 Å². The average molecular weight is 297 g/mol. The van der Waals surface area contributed by atoms with E-state index < -0.39 is 16.1 Å². The highest BCUT2D eigenvalue weighted by Gasteiger charge is 2.22.